The normalized spacial score (nSPS) is 13.4. The Hall–Kier alpha value is -3.49. The quantitative estimate of drug-likeness (QED) is 0.787. The van der Waals surface area contributed by atoms with Crippen LogP contribution in [-0.4, -0.2) is 31.4 Å². The zero-order chi connectivity index (χ0) is 20.3. The Labute approximate surface area is 159 Å². The highest BCUT2D eigenvalue weighted by Gasteiger charge is 2.25. The van der Waals surface area contributed by atoms with E-state index in [2.05, 4.69) is 5.32 Å². The number of nitrogens with one attached hydrogen (secondary N) is 2. The molecule has 3 amide bonds. The Balaban J connectivity index is 1.75. The number of nitrogens with zero attached hydrogens (tertiary/aromatic N) is 1. The molecule has 1 saturated heterocycles. The molecule has 0 spiro atoms. The maximum absolute atomic E-state index is 13.6. The largest absolute Gasteiger partial charge is 0.495 e. The van der Waals surface area contributed by atoms with Crippen molar-refractivity contribution in [3.63, 3.8) is 0 Å². The maximum Gasteiger partial charge on any atom is 0.314 e. The van der Waals surface area contributed by atoms with Crippen LogP contribution in [0.25, 0.3) is 0 Å². The summed E-state index contributed by atoms with van der Waals surface area (Å²) in [4.78, 5) is 37.6. The molecule has 0 bridgehead atoms. The highest BCUT2D eigenvalue weighted by molar-refractivity contribution is 6.43. The molecule has 0 unspecified atom stereocenters. The van der Waals surface area contributed by atoms with Crippen LogP contribution in [0.4, 0.5) is 25.8 Å². The van der Waals surface area contributed by atoms with Gasteiger partial charge in [-0.25, -0.2) is 8.78 Å². The Morgan fingerprint density at radius 3 is 2.50 bits per heavy atom. The molecule has 2 aromatic rings. The van der Waals surface area contributed by atoms with E-state index < -0.39 is 29.1 Å². The number of hydrogen-bond acceptors (Lipinski definition) is 4. The standard InChI is InChI=1S/C19H17F2N3O4/c1-28-16-7-5-12(10-15(16)24-8-2-3-17(24)25)22-18(26)19(27)23-14-9-11(20)4-6-13(14)21/h4-7,9-10H,2-3,8H2,1H3,(H,22,26)(H,23,27). The van der Waals surface area contributed by atoms with Crippen LogP contribution < -0.4 is 20.3 Å². The molecule has 1 heterocycles. The van der Waals surface area contributed by atoms with Crippen molar-refractivity contribution in [2.24, 2.45) is 0 Å². The topological polar surface area (TPSA) is 87.7 Å². The first-order valence-corrected chi connectivity index (χ1v) is 8.45. The molecule has 7 nitrogen and oxygen atoms in total. The van der Waals surface area contributed by atoms with Gasteiger partial charge in [0.15, 0.2) is 0 Å². The van der Waals surface area contributed by atoms with E-state index >= 15 is 0 Å². The van der Waals surface area contributed by atoms with Crippen LogP contribution in [0.2, 0.25) is 0 Å². The molecule has 1 aliphatic heterocycles. The molecule has 2 aromatic carbocycles. The van der Waals surface area contributed by atoms with Crippen molar-refractivity contribution in [2.45, 2.75) is 12.8 Å². The first-order valence-electron chi connectivity index (χ1n) is 8.45. The van der Waals surface area contributed by atoms with E-state index in [9.17, 15) is 23.2 Å². The second-order valence-corrected chi connectivity index (χ2v) is 6.07. The number of amides is 3. The molecular formula is C19H17F2N3O4. The minimum atomic E-state index is -1.17. The van der Waals surface area contributed by atoms with Crippen molar-refractivity contribution in [1.29, 1.82) is 0 Å². The monoisotopic (exact) mass is 389 g/mol. The van der Waals surface area contributed by atoms with E-state index in [4.69, 9.17) is 4.74 Å². The molecule has 0 aliphatic carbocycles. The van der Waals surface area contributed by atoms with Gasteiger partial charge in [0.25, 0.3) is 0 Å². The van der Waals surface area contributed by atoms with Crippen molar-refractivity contribution < 1.29 is 27.9 Å². The van der Waals surface area contributed by atoms with Crippen molar-refractivity contribution >= 4 is 34.8 Å². The van der Waals surface area contributed by atoms with Crippen molar-refractivity contribution in [3.8, 4) is 5.75 Å². The lowest BCUT2D eigenvalue weighted by atomic mass is 10.2. The van der Waals surface area contributed by atoms with E-state index in [1.54, 1.807) is 6.07 Å². The zero-order valence-corrected chi connectivity index (χ0v) is 14.9. The second-order valence-electron chi connectivity index (χ2n) is 6.07. The highest BCUT2D eigenvalue weighted by Crippen LogP contribution is 2.34. The SMILES string of the molecule is COc1ccc(NC(=O)C(=O)Nc2cc(F)ccc2F)cc1N1CCCC1=O. The van der Waals surface area contributed by atoms with Gasteiger partial charge in [0.2, 0.25) is 5.91 Å². The number of carbonyl (C=O) groups is 3. The average Bonchev–Trinajstić information content (AvgIpc) is 3.10. The van der Waals surface area contributed by atoms with Crippen LogP contribution in [0.1, 0.15) is 12.8 Å². The summed E-state index contributed by atoms with van der Waals surface area (Å²) in [6.07, 6.45) is 1.13. The van der Waals surface area contributed by atoms with Gasteiger partial charge >= 0.3 is 11.8 Å². The Morgan fingerprint density at radius 1 is 1.07 bits per heavy atom. The van der Waals surface area contributed by atoms with E-state index in [-0.39, 0.29) is 11.6 Å². The number of halogens is 2. The third-order valence-electron chi connectivity index (χ3n) is 4.18. The van der Waals surface area contributed by atoms with Gasteiger partial charge in [0, 0.05) is 24.7 Å². The molecule has 0 radical (unpaired) electrons. The molecule has 1 aliphatic rings. The lowest BCUT2D eigenvalue weighted by Crippen LogP contribution is -2.29. The molecule has 0 aromatic heterocycles. The first-order chi connectivity index (χ1) is 13.4. The molecule has 1 fully saturated rings. The van der Waals surface area contributed by atoms with Gasteiger partial charge in [-0.2, -0.15) is 0 Å². The lowest BCUT2D eigenvalue weighted by molar-refractivity contribution is -0.133. The van der Waals surface area contributed by atoms with Crippen LogP contribution in [0.3, 0.4) is 0 Å². The summed E-state index contributed by atoms with van der Waals surface area (Å²) in [5.74, 6) is -3.50. The molecule has 0 atom stereocenters. The molecule has 2 N–H and O–H groups in total. The Kier molecular flexibility index (Phi) is 5.53. The molecule has 9 heteroatoms. The summed E-state index contributed by atoms with van der Waals surface area (Å²) in [6.45, 7) is 0.520. The number of methoxy groups -OCH3 is 1. The lowest BCUT2D eigenvalue weighted by Gasteiger charge is -2.20. The fraction of sp³-hybridized carbons (Fsp3) is 0.211. The smallest absolute Gasteiger partial charge is 0.314 e. The summed E-state index contributed by atoms with van der Waals surface area (Å²) in [7, 11) is 1.46. The fourth-order valence-electron chi connectivity index (χ4n) is 2.84. The van der Waals surface area contributed by atoms with Crippen LogP contribution in [0.15, 0.2) is 36.4 Å². The average molecular weight is 389 g/mol. The van der Waals surface area contributed by atoms with Crippen LogP contribution in [0.5, 0.6) is 5.75 Å². The Morgan fingerprint density at radius 2 is 1.82 bits per heavy atom. The van der Waals surface area contributed by atoms with Gasteiger partial charge in [-0.1, -0.05) is 0 Å². The van der Waals surface area contributed by atoms with Crippen molar-refractivity contribution in [2.75, 3.05) is 29.2 Å². The Bertz CT molecular complexity index is 949. The number of benzene rings is 2. The second kappa shape index (κ2) is 8.03. The molecule has 28 heavy (non-hydrogen) atoms. The molecule has 0 saturated carbocycles. The van der Waals surface area contributed by atoms with Gasteiger partial charge in [-0.3, -0.25) is 14.4 Å². The van der Waals surface area contributed by atoms with E-state index in [0.717, 1.165) is 18.2 Å². The van der Waals surface area contributed by atoms with Crippen molar-refractivity contribution in [3.05, 3.63) is 48.0 Å². The minimum absolute atomic E-state index is 0.0684. The predicted octanol–water partition coefficient (Wildman–Crippen LogP) is 2.68. The number of carbonyl (C=O) groups excluding carboxylic acids is 3. The summed E-state index contributed by atoms with van der Waals surface area (Å²) < 4.78 is 32.0. The minimum Gasteiger partial charge on any atom is -0.495 e. The summed E-state index contributed by atoms with van der Waals surface area (Å²) in [5.41, 5.74) is 0.271. The fourth-order valence-corrected chi connectivity index (χ4v) is 2.84. The van der Waals surface area contributed by atoms with Crippen molar-refractivity contribution in [1.82, 2.24) is 0 Å². The van der Waals surface area contributed by atoms with Gasteiger partial charge in [-0.05, 0) is 36.8 Å². The third-order valence-corrected chi connectivity index (χ3v) is 4.18. The number of rotatable bonds is 4. The molecular weight excluding hydrogens is 372 g/mol. The number of hydrogen-bond donors (Lipinski definition) is 2. The number of ether oxygens (including phenoxy) is 1. The van der Waals surface area contributed by atoms with E-state index in [0.29, 0.717) is 30.8 Å². The van der Waals surface area contributed by atoms with Gasteiger partial charge < -0.3 is 20.3 Å². The summed E-state index contributed by atoms with van der Waals surface area (Å²) >= 11 is 0. The van der Waals surface area contributed by atoms with E-state index in [1.807, 2.05) is 5.32 Å². The highest BCUT2D eigenvalue weighted by atomic mass is 19.1. The summed E-state index contributed by atoms with van der Waals surface area (Å²) in [5, 5.41) is 4.38. The first kappa shape index (κ1) is 19.3. The zero-order valence-electron chi connectivity index (χ0n) is 14.9. The molecule has 146 valence electrons. The van der Waals surface area contributed by atoms with Gasteiger partial charge in [-0.15, -0.1) is 0 Å². The number of anilines is 3. The predicted molar refractivity (Wildman–Crippen MR) is 98.2 cm³/mol. The van der Waals surface area contributed by atoms with Crippen LogP contribution in [-0.2, 0) is 14.4 Å². The van der Waals surface area contributed by atoms with Crippen LogP contribution >= 0.6 is 0 Å². The third kappa shape index (κ3) is 4.08. The summed E-state index contributed by atoms with van der Waals surface area (Å²) in [6, 6.07) is 7.06. The molecule has 3 rings (SSSR count). The van der Waals surface area contributed by atoms with Gasteiger partial charge in [0.1, 0.15) is 17.4 Å². The maximum atomic E-state index is 13.6. The van der Waals surface area contributed by atoms with Gasteiger partial charge in [0.05, 0.1) is 18.5 Å². The van der Waals surface area contributed by atoms with Crippen LogP contribution in [0, 0.1) is 11.6 Å². The van der Waals surface area contributed by atoms with E-state index in [1.165, 1.54) is 24.1 Å².